The quantitative estimate of drug-likeness (QED) is 0.749. The Hall–Kier alpha value is -0.900. The van der Waals surface area contributed by atoms with Crippen molar-refractivity contribution in [1.82, 2.24) is 10.2 Å². The first kappa shape index (κ1) is 15.5. The number of rotatable bonds is 9. The Morgan fingerprint density at radius 2 is 2.00 bits per heavy atom. The fourth-order valence-corrected chi connectivity index (χ4v) is 2.97. The fourth-order valence-electron chi connectivity index (χ4n) is 2.97. The Kier molecular flexibility index (Phi) is 5.58. The summed E-state index contributed by atoms with van der Waals surface area (Å²) in [6.45, 7) is 6.30. The topological polar surface area (TPSA) is 24.5 Å². The first-order valence-electron chi connectivity index (χ1n) is 7.63. The zero-order valence-corrected chi connectivity index (χ0v) is 13.1. The molecule has 0 amide bonds. The highest BCUT2D eigenvalue weighted by atomic mass is 16.5. The average Bonchev–Trinajstić information content (AvgIpc) is 3.29. The molecular weight excluding hydrogens is 248 g/mol. The number of hydrogen-bond donors (Lipinski definition) is 1. The SMILES string of the molecule is CNCC(C)(CN(CCOC)C1CC1)c1ccccc1. The Morgan fingerprint density at radius 3 is 2.55 bits per heavy atom. The summed E-state index contributed by atoms with van der Waals surface area (Å²) < 4.78 is 5.27. The van der Waals surface area contributed by atoms with E-state index in [1.807, 2.05) is 7.05 Å². The predicted molar refractivity (Wildman–Crippen MR) is 84.2 cm³/mol. The van der Waals surface area contributed by atoms with Crippen molar-refractivity contribution >= 4 is 0 Å². The lowest BCUT2D eigenvalue weighted by atomic mass is 9.81. The van der Waals surface area contributed by atoms with Crippen molar-refractivity contribution in [3.05, 3.63) is 35.9 Å². The van der Waals surface area contributed by atoms with E-state index in [1.165, 1.54) is 18.4 Å². The summed E-state index contributed by atoms with van der Waals surface area (Å²) in [4.78, 5) is 2.60. The van der Waals surface area contributed by atoms with Crippen molar-refractivity contribution in [3.63, 3.8) is 0 Å². The zero-order valence-electron chi connectivity index (χ0n) is 13.1. The monoisotopic (exact) mass is 276 g/mol. The van der Waals surface area contributed by atoms with Gasteiger partial charge >= 0.3 is 0 Å². The minimum absolute atomic E-state index is 0.145. The minimum atomic E-state index is 0.145. The Balaban J connectivity index is 2.10. The molecule has 1 fully saturated rings. The van der Waals surface area contributed by atoms with Crippen LogP contribution in [0.5, 0.6) is 0 Å². The molecule has 112 valence electrons. The van der Waals surface area contributed by atoms with E-state index in [2.05, 4.69) is 47.5 Å². The van der Waals surface area contributed by atoms with E-state index in [0.717, 1.165) is 32.3 Å². The largest absolute Gasteiger partial charge is 0.383 e. The zero-order chi connectivity index (χ0) is 14.4. The van der Waals surface area contributed by atoms with Crippen LogP contribution < -0.4 is 5.32 Å². The molecule has 1 unspecified atom stereocenters. The normalized spacial score (nSPS) is 18.2. The van der Waals surface area contributed by atoms with Gasteiger partial charge in [0, 0.05) is 38.2 Å². The van der Waals surface area contributed by atoms with E-state index < -0.39 is 0 Å². The molecule has 2 rings (SSSR count). The third kappa shape index (κ3) is 4.05. The maximum Gasteiger partial charge on any atom is 0.0589 e. The molecule has 1 atom stereocenters. The third-order valence-electron chi connectivity index (χ3n) is 4.24. The molecule has 1 aromatic carbocycles. The summed E-state index contributed by atoms with van der Waals surface area (Å²) in [6, 6.07) is 11.6. The molecule has 1 aliphatic rings. The summed E-state index contributed by atoms with van der Waals surface area (Å²) in [7, 11) is 3.83. The van der Waals surface area contributed by atoms with Crippen LogP contribution in [-0.4, -0.2) is 51.3 Å². The van der Waals surface area contributed by atoms with E-state index >= 15 is 0 Å². The highest BCUT2D eigenvalue weighted by Gasteiger charge is 2.35. The second-order valence-electron chi connectivity index (χ2n) is 6.15. The van der Waals surface area contributed by atoms with E-state index in [1.54, 1.807) is 7.11 Å². The minimum Gasteiger partial charge on any atom is -0.383 e. The van der Waals surface area contributed by atoms with Crippen LogP contribution in [0.4, 0.5) is 0 Å². The van der Waals surface area contributed by atoms with Crippen LogP contribution >= 0.6 is 0 Å². The van der Waals surface area contributed by atoms with Crippen LogP contribution in [-0.2, 0) is 10.2 Å². The van der Waals surface area contributed by atoms with Gasteiger partial charge in [-0.25, -0.2) is 0 Å². The molecule has 1 N–H and O–H groups in total. The number of ether oxygens (including phenoxy) is 1. The lowest BCUT2D eigenvalue weighted by molar-refractivity contribution is 0.126. The molecule has 0 saturated heterocycles. The predicted octanol–water partition coefficient (Wildman–Crippen LogP) is 2.27. The number of nitrogens with one attached hydrogen (secondary N) is 1. The van der Waals surface area contributed by atoms with Crippen LogP contribution in [0.15, 0.2) is 30.3 Å². The third-order valence-corrected chi connectivity index (χ3v) is 4.24. The summed E-state index contributed by atoms with van der Waals surface area (Å²) in [5.41, 5.74) is 1.56. The van der Waals surface area contributed by atoms with Crippen molar-refractivity contribution in [2.45, 2.75) is 31.2 Å². The van der Waals surface area contributed by atoms with Gasteiger partial charge in [0.2, 0.25) is 0 Å². The standard InChI is InChI=1S/C17H28N2O/c1-17(13-18-2,15-7-5-4-6-8-15)14-19(11-12-20-3)16-9-10-16/h4-8,16,18H,9-14H2,1-3H3. The molecule has 0 aromatic heterocycles. The molecular formula is C17H28N2O. The lowest BCUT2D eigenvalue weighted by Gasteiger charge is -2.36. The molecule has 1 saturated carbocycles. The van der Waals surface area contributed by atoms with Gasteiger partial charge in [0.25, 0.3) is 0 Å². The second kappa shape index (κ2) is 7.21. The molecule has 3 nitrogen and oxygen atoms in total. The molecule has 1 aromatic rings. The molecule has 0 radical (unpaired) electrons. The second-order valence-corrected chi connectivity index (χ2v) is 6.15. The van der Waals surface area contributed by atoms with Gasteiger partial charge in [0.1, 0.15) is 0 Å². The van der Waals surface area contributed by atoms with Crippen LogP contribution in [0.2, 0.25) is 0 Å². The van der Waals surface area contributed by atoms with Crippen molar-refractivity contribution in [2.24, 2.45) is 0 Å². The number of methoxy groups -OCH3 is 1. The van der Waals surface area contributed by atoms with Crippen molar-refractivity contribution < 1.29 is 4.74 Å². The number of nitrogens with zero attached hydrogens (tertiary/aromatic N) is 1. The van der Waals surface area contributed by atoms with Gasteiger partial charge in [0.05, 0.1) is 6.61 Å². The van der Waals surface area contributed by atoms with Gasteiger partial charge in [-0.2, -0.15) is 0 Å². The Morgan fingerprint density at radius 1 is 1.30 bits per heavy atom. The van der Waals surface area contributed by atoms with Crippen LogP contribution in [0.25, 0.3) is 0 Å². The molecule has 0 heterocycles. The number of likely N-dealkylation sites (N-methyl/N-ethyl adjacent to an activating group) is 1. The molecule has 20 heavy (non-hydrogen) atoms. The Labute approximate surface area is 123 Å². The van der Waals surface area contributed by atoms with Crippen LogP contribution in [0.3, 0.4) is 0 Å². The van der Waals surface area contributed by atoms with Crippen LogP contribution in [0, 0.1) is 0 Å². The average molecular weight is 276 g/mol. The van der Waals surface area contributed by atoms with Gasteiger partial charge in [-0.3, -0.25) is 4.90 Å². The first-order chi connectivity index (χ1) is 9.69. The highest BCUT2D eigenvalue weighted by Crippen LogP contribution is 2.31. The maximum atomic E-state index is 5.27. The molecule has 0 bridgehead atoms. The smallest absolute Gasteiger partial charge is 0.0589 e. The molecule has 3 heteroatoms. The summed E-state index contributed by atoms with van der Waals surface area (Å²) in [5, 5.41) is 3.37. The maximum absolute atomic E-state index is 5.27. The van der Waals surface area contributed by atoms with Gasteiger partial charge in [-0.05, 0) is 25.5 Å². The highest BCUT2D eigenvalue weighted by molar-refractivity contribution is 5.26. The van der Waals surface area contributed by atoms with Crippen molar-refractivity contribution in [1.29, 1.82) is 0 Å². The van der Waals surface area contributed by atoms with Gasteiger partial charge in [-0.1, -0.05) is 37.3 Å². The molecule has 0 aliphatic heterocycles. The van der Waals surface area contributed by atoms with E-state index in [0.29, 0.717) is 0 Å². The molecule has 0 spiro atoms. The molecule has 1 aliphatic carbocycles. The first-order valence-corrected chi connectivity index (χ1v) is 7.63. The van der Waals surface area contributed by atoms with E-state index in [4.69, 9.17) is 4.74 Å². The van der Waals surface area contributed by atoms with Crippen molar-refractivity contribution in [2.75, 3.05) is 40.4 Å². The summed E-state index contributed by atoms with van der Waals surface area (Å²) >= 11 is 0. The van der Waals surface area contributed by atoms with E-state index in [9.17, 15) is 0 Å². The lowest BCUT2D eigenvalue weighted by Crippen LogP contribution is -2.46. The Bertz CT molecular complexity index is 391. The van der Waals surface area contributed by atoms with Gasteiger partial charge in [-0.15, -0.1) is 0 Å². The van der Waals surface area contributed by atoms with Crippen molar-refractivity contribution in [3.8, 4) is 0 Å². The van der Waals surface area contributed by atoms with Crippen LogP contribution in [0.1, 0.15) is 25.3 Å². The fraction of sp³-hybridized carbons (Fsp3) is 0.647. The van der Waals surface area contributed by atoms with E-state index in [-0.39, 0.29) is 5.41 Å². The van der Waals surface area contributed by atoms with Gasteiger partial charge in [0.15, 0.2) is 0 Å². The summed E-state index contributed by atoms with van der Waals surface area (Å²) in [5.74, 6) is 0. The number of benzene rings is 1. The van der Waals surface area contributed by atoms with Gasteiger partial charge < -0.3 is 10.1 Å². The number of hydrogen-bond acceptors (Lipinski definition) is 3. The summed E-state index contributed by atoms with van der Waals surface area (Å²) in [6.07, 6.45) is 2.68.